The van der Waals surface area contributed by atoms with E-state index in [1.54, 1.807) is 18.9 Å². The summed E-state index contributed by atoms with van der Waals surface area (Å²) in [4.78, 5) is 30.2. The number of nitrogens with zero attached hydrogens (tertiary/aromatic N) is 6. The molecule has 0 spiro atoms. The van der Waals surface area contributed by atoms with Crippen molar-refractivity contribution in [3.05, 3.63) is 84.8 Å². The Morgan fingerprint density at radius 1 is 0.889 bits per heavy atom. The maximum absolute atomic E-state index is 5.57. The number of rotatable bonds is 4. The average Bonchev–Trinajstić information content (AvgIpc) is 3.38. The number of aryl methyl sites for hydroxylation is 1. The van der Waals surface area contributed by atoms with Gasteiger partial charge in [0.25, 0.3) is 0 Å². The second-order valence-electron chi connectivity index (χ2n) is 7.95. The van der Waals surface area contributed by atoms with Gasteiger partial charge in [-0.3, -0.25) is 4.98 Å². The highest BCUT2D eigenvalue weighted by Crippen LogP contribution is 2.38. The number of H-pyrrole nitrogens is 1. The van der Waals surface area contributed by atoms with E-state index in [4.69, 9.17) is 11.4 Å². The van der Waals surface area contributed by atoms with E-state index in [0.29, 0.717) is 11.5 Å². The van der Waals surface area contributed by atoms with Gasteiger partial charge in [-0.25, -0.2) is 24.9 Å². The SMILES string of the molecule is C#Cc1cccc(Nc2ncnc3c(-c4ncccc4-c4ncnc5nc[nH]c45)c(C)ccc23)c1.N. The molecule has 9 nitrogen and oxygen atoms in total. The van der Waals surface area contributed by atoms with Crippen LogP contribution in [-0.4, -0.2) is 34.9 Å². The molecule has 0 saturated carbocycles. The van der Waals surface area contributed by atoms with E-state index in [1.165, 1.54) is 6.33 Å². The number of hydrogen-bond acceptors (Lipinski definition) is 8. The quantitative estimate of drug-likeness (QED) is 0.297. The molecule has 0 aliphatic carbocycles. The van der Waals surface area contributed by atoms with Crippen molar-refractivity contribution in [2.24, 2.45) is 0 Å². The summed E-state index contributed by atoms with van der Waals surface area (Å²) in [5, 5.41) is 4.25. The molecule has 0 radical (unpaired) electrons. The van der Waals surface area contributed by atoms with Crippen LogP contribution in [0.1, 0.15) is 11.1 Å². The van der Waals surface area contributed by atoms with Gasteiger partial charge in [0.15, 0.2) is 5.65 Å². The van der Waals surface area contributed by atoms with Gasteiger partial charge >= 0.3 is 0 Å². The van der Waals surface area contributed by atoms with Crippen molar-refractivity contribution < 1.29 is 0 Å². The third-order valence-electron chi connectivity index (χ3n) is 5.83. The fourth-order valence-electron chi connectivity index (χ4n) is 4.22. The summed E-state index contributed by atoms with van der Waals surface area (Å²) < 4.78 is 0. The Labute approximate surface area is 206 Å². The highest BCUT2D eigenvalue weighted by atomic mass is 15.0. The van der Waals surface area contributed by atoms with Gasteiger partial charge in [0.05, 0.1) is 17.5 Å². The minimum absolute atomic E-state index is 0. The number of anilines is 2. The van der Waals surface area contributed by atoms with Gasteiger partial charge in [0.1, 0.15) is 29.7 Å². The summed E-state index contributed by atoms with van der Waals surface area (Å²) in [7, 11) is 0. The molecule has 6 rings (SSSR count). The predicted octanol–water partition coefficient (Wildman–Crippen LogP) is 5.22. The Hall–Kier alpha value is -5.20. The van der Waals surface area contributed by atoms with Gasteiger partial charge in [-0.05, 0) is 48.9 Å². The lowest BCUT2D eigenvalue weighted by molar-refractivity contribution is 1.19. The molecule has 6 aromatic rings. The highest BCUT2D eigenvalue weighted by Gasteiger charge is 2.19. The Bertz CT molecular complexity index is 1770. The lowest BCUT2D eigenvalue weighted by Crippen LogP contribution is -2.00. The van der Waals surface area contributed by atoms with Crippen molar-refractivity contribution in [2.45, 2.75) is 6.92 Å². The van der Waals surface area contributed by atoms with Crippen LogP contribution in [0.5, 0.6) is 0 Å². The van der Waals surface area contributed by atoms with Gasteiger partial charge in [-0.15, -0.1) is 6.42 Å². The highest BCUT2D eigenvalue weighted by molar-refractivity contribution is 6.04. The minimum atomic E-state index is 0. The van der Waals surface area contributed by atoms with Crippen LogP contribution in [0, 0.1) is 19.3 Å². The normalized spacial score (nSPS) is 10.7. The zero-order valence-corrected chi connectivity index (χ0v) is 19.4. The first kappa shape index (κ1) is 22.6. The number of pyridine rings is 1. The Morgan fingerprint density at radius 2 is 1.78 bits per heavy atom. The molecule has 0 atom stereocenters. The van der Waals surface area contributed by atoms with Gasteiger partial charge in [-0.2, -0.15) is 0 Å². The van der Waals surface area contributed by atoms with Crippen LogP contribution in [0.3, 0.4) is 0 Å². The summed E-state index contributed by atoms with van der Waals surface area (Å²) in [6.45, 7) is 2.05. The first-order chi connectivity index (χ1) is 17.2. The minimum Gasteiger partial charge on any atom is -0.344 e. The van der Waals surface area contributed by atoms with Crippen LogP contribution in [0.2, 0.25) is 0 Å². The van der Waals surface area contributed by atoms with E-state index in [2.05, 4.69) is 41.1 Å². The molecule has 4 heterocycles. The molecule has 9 heteroatoms. The van der Waals surface area contributed by atoms with Crippen molar-refractivity contribution in [2.75, 3.05) is 5.32 Å². The zero-order valence-electron chi connectivity index (χ0n) is 19.4. The average molecular weight is 472 g/mol. The van der Waals surface area contributed by atoms with E-state index in [1.807, 2.05) is 55.5 Å². The molecule has 0 amide bonds. The molecule has 0 fully saturated rings. The largest absolute Gasteiger partial charge is 0.344 e. The molecule has 0 bridgehead atoms. The first-order valence-corrected chi connectivity index (χ1v) is 10.9. The third-order valence-corrected chi connectivity index (χ3v) is 5.83. The number of aromatic nitrogens is 7. The summed E-state index contributed by atoms with van der Waals surface area (Å²) in [5.41, 5.74) is 8.07. The fraction of sp³-hybridized carbons (Fsp3) is 0.0370. The summed E-state index contributed by atoms with van der Waals surface area (Å²) in [6.07, 6.45) is 12.0. The maximum Gasteiger partial charge on any atom is 0.181 e. The summed E-state index contributed by atoms with van der Waals surface area (Å²) >= 11 is 0. The van der Waals surface area contributed by atoms with E-state index in [9.17, 15) is 0 Å². The maximum atomic E-state index is 5.57. The van der Waals surface area contributed by atoms with Crippen molar-refractivity contribution in [3.63, 3.8) is 0 Å². The summed E-state index contributed by atoms with van der Waals surface area (Å²) in [5.74, 6) is 3.34. The van der Waals surface area contributed by atoms with E-state index in [0.717, 1.165) is 55.7 Å². The molecular weight excluding hydrogens is 450 g/mol. The number of benzene rings is 2. The second kappa shape index (κ2) is 9.21. The van der Waals surface area contributed by atoms with Crippen LogP contribution in [0.25, 0.3) is 44.6 Å². The molecule has 0 saturated heterocycles. The van der Waals surface area contributed by atoms with E-state index < -0.39 is 0 Å². The fourth-order valence-corrected chi connectivity index (χ4v) is 4.22. The lowest BCUT2D eigenvalue weighted by atomic mass is 9.96. The molecular formula is C27H21N9. The number of aromatic amines is 1. The van der Waals surface area contributed by atoms with E-state index >= 15 is 0 Å². The van der Waals surface area contributed by atoms with E-state index in [-0.39, 0.29) is 6.15 Å². The van der Waals surface area contributed by atoms with Crippen molar-refractivity contribution in [1.82, 2.24) is 41.0 Å². The van der Waals surface area contributed by atoms with Gasteiger partial charge in [0.2, 0.25) is 0 Å². The first-order valence-electron chi connectivity index (χ1n) is 10.9. The molecule has 5 N–H and O–H groups in total. The zero-order chi connectivity index (χ0) is 23.8. The number of hydrogen-bond donors (Lipinski definition) is 3. The molecule has 0 aliphatic heterocycles. The lowest BCUT2D eigenvalue weighted by Gasteiger charge is -2.15. The smallest absolute Gasteiger partial charge is 0.181 e. The summed E-state index contributed by atoms with van der Waals surface area (Å²) in [6, 6.07) is 15.6. The van der Waals surface area contributed by atoms with Gasteiger partial charge in [-0.1, -0.05) is 18.1 Å². The third kappa shape index (κ3) is 3.77. The van der Waals surface area contributed by atoms with Gasteiger partial charge in [0, 0.05) is 34.0 Å². The topological polar surface area (TPSA) is 140 Å². The predicted molar refractivity (Wildman–Crippen MR) is 141 cm³/mol. The van der Waals surface area contributed by atoms with Crippen LogP contribution < -0.4 is 11.5 Å². The Balaban J connectivity index is 0.00000267. The van der Waals surface area contributed by atoms with Crippen LogP contribution in [-0.2, 0) is 0 Å². The van der Waals surface area contributed by atoms with Crippen molar-refractivity contribution in [3.8, 4) is 34.9 Å². The van der Waals surface area contributed by atoms with Crippen molar-refractivity contribution in [1.29, 1.82) is 0 Å². The molecule has 0 unspecified atom stereocenters. The number of nitrogens with one attached hydrogen (secondary N) is 2. The second-order valence-corrected chi connectivity index (χ2v) is 7.95. The standard InChI is InChI=1S/C27H18N8.H3N/c1-3-17-6-4-7-18(12-17)35-26-20-10-9-16(2)21(23(20)29-13-32-26)22-19(8-5-11-28-22)24-25-27(33-14-30-24)34-15-31-25;/h1,4-15H,2H3,(H,29,32,35)(H,30,31,33,34);1H3. The molecule has 36 heavy (non-hydrogen) atoms. The van der Waals surface area contributed by atoms with Gasteiger partial charge < -0.3 is 16.5 Å². The Kier molecular flexibility index (Phi) is 5.78. The monoisotopic (exact) mass is 471 g/mol. The van der Waals surface area contributed by atoms with Crippen LogP contribution in [0.15, 0.2) is 73.7 Å². The Morgan fingerprint density at radius 3 is 2.67 bits per heavy atom. The van der Waals surface area contributed by atoms with Crippen LogP contribution >= 0.6 is 0 Å². The number of terminal acetylenes is 1. The number of imidazole rings is 1. The molecule has 174 valence electrons. The number of fused-ring (bicyclic) bond motifs is 2. The molecule has 4 aromatic heterocycles. The van der Waals surface area contributed by atoms with Crippen LogP contribution in [0.4, 0.5) is 11.5 Å². The van der Waals surface area contributed by atoms with Crippen molar-refractivity contribution >= 4 is 33.6 Å². The molecule has 0 aliphatic rings. The molecule has 2 aromatic carbocycles.